The van der Waals surface area contributed by atoms with Crippen molar-refractivity contribution >= 4 is 22.9 Å². The number of nitrogens with one attached hydrogen (secondary N) is 2. The number of ether oxygens (including phenoxy) is 1. The molecule has 3 aromatic rings. The van der Waals surface area contributed by atoms with E-state index in [-0.39, 0.29) is 17.1 Å². The second-order valence-electron chi connectivity index (χ2n) is 9.11. The van der Waals surface area contributed by atoms with Gasteiger partial charge in [-0.25, -0.2) is 14.4 Å². The Balaban J connectivity index is 1.35. The fourth-order valence-electron chi connectivity index (χ4n) is 4.15. The van der Waals surface area contributed by atoms with Gasteiger partial charge in [0.15, 0.2) is 11.6 Å². The molecule has 1 saturated heterocycles. The lowest BCUT2D eigenvalue weighted by Gasteiger charge is -2.36. The van der Waals surface area contributed by atoms with Crippen LogP contribution in [-0.2, 0) is 7.05 Å². The first-order valence-corrected chi connectivity index (χ1v) is 11.5. The van der Waals surface area contributed by atoms with E-state index in [0.717, 1.165) is 50.5 Å². The van der Waals surface area contributed by atoms with Gasteiger partial charge in [0.1, 0.15) is 17.7 Å². The van der Waals surface area contributed by atoms with Crippen LogP contribution in [0.25, 0.3) is 0 Å². The monoisotopic (exact) mass is 464 g/mol. The van der Waals surface area contributed by atoms with Crippen LogP contribution in [0, 0.1) is 11.2 Å². The molecule has 0 spiro atoms. The van der Waals surface area contributed by atoms with E-state index in [2.05, 4.69) is 30.2 Å². The number of aromatic nitrogens is 4. The third kappa shape index (κ3) is 4.40. The lowest BCUT2D eigenvalue weighted by Crippen LogP contribution is -2.46. The second-order valence-corrected chi connectivity index (χ2v) is 9.11. The Morgan fingerprint density at radius 2 is 1.85 bits per heavy atom. The van der Waals surface area contributed by atoms with Crippen molar-refractivity contribution < 1.29 is 9.13 Å². The topological polar surface area (TPSA) is 95.2 Å². The Labute approximate surface area is 198 Å². The molecule has 0 bridgehead atoms. The molecule has 0 radical (unpaired) electrons. The summed E-state index contributed by atoms with van der Waals surface area (Å²) in [6, 6.07) is 4.81. The Morgan fingerprint density at radius 3 is 2.50 bits per heavy atom. The van der Waals surface area contributed by atoms with Crippen molar-refractivity contribution in [1.29, 1.82) is 5.41 Å². The minimum absolute atomic E-state index is 0.166. The highest BCUT2D eigenvalue weighted by atomic mass is 19.1. The van der Waals surface area contributed by atoms with Gasteiger partial charge in [0.05, 0.1) is 23.3 Å². The van der Waals surface area contributed by atoms with Gasteiger partial charge in [-0.2, -0.15) is 5.10 Å². The maximum Gasteiger partial charge on any atom is 0.167 e. The van der Waals surface area contributed by atoms with Crippen LogP contribution < -0.4 is 19.9 Å². The van der Waals surface area contributed by atoms with Gasteiger partial charge in [-0.05, 0) is 25.8 Å². The number of nitrogens with zero attached hydrogens (tertiary/aromatic N) is 6. The molecule has 0 atom stereocenters. The van der Waals surface area contributed by atoms with Crippen LogP contribution in [0.15, 0.2) is 36.9 Å². The van der Waals surface area contributed by atoms with Crippen LogP contribution in [0.1, 0.15) is 31.0 Å². The van der Waals surface area contributed by atoms with E-state index in [0.29, 0.717) is 16.9 Å². The lowest BCUT2D eigenvalue weighted by atomic mass is 10.0. The summed E-state index contributed by atoms with van der Waals surface area (Å²) in [6.45, 7) is 5.27. The second kappa shape index (κ2) is 8.58. The zero-order valence-corrected chi connectivity index (χ0v) is 19.7. The van der Waals surface area contributed by atoms with Crippen molar-refractivity contribution in [3.05, 3.63) is 54.0 Å². The number of piperazine rings is 1. The molecular weight excluding hydrogens is 435 g/mol. The summed E-state index contributed by atoms with van der Waals surface area (Å²) >= 11 is 0. The molecule has 10 heteroatoms. The average molecular weight is 465 g/mol. The van der Waals surface area contributed by atoms with Crippen molar-refractivity contribution in [3.63, 3.8) is 0 Å². The Hall–Kier alpha value is -3.69. The predicted octanol–water partition coefficient (Wildman–Crippen LogP) is 3.06. The van der Waals surface area contributed by atoms with E-state index in [1.807, 2.05) is 32.4 Å². The predicted molar refractivity (Wildman–Crippen MR) is 130 cm³/mol. The lowest BCUT2D eigenvalue weighted by molar-refractivity contribution is 0.191. The van der Waals surface area contributed by atoms with Crippen LogP contribution in [0.4, 0.5) is 21.6 Å². The van der Waals surface area contributed by atoms with Crippen LogP contribution in [0.3, 0.4) is 0 Å². The van der Waals surface area contributed by atoms with Crippen LogP contribution in [0.2, 0.25) is 0 Å². The summed E-state index contributed by atoms with van der Waals surface area (Å²) in [4.78, 5) is 13.3. The molecule has 0 unspecified atom stereocenters. The smallest absolute Gasteiger partial charge is 0.167 e. The number of rotatable bonds is 7. The molecule has 1 aliphatic carbocycles. The van der Waals surface area contributed by atoms with Crippen molar-refractivity contribution in [2.24, 2.45) is 7.05 Å². The van der Waals surface area contributed by atoms with Gasteiger partial charge in [-0.3, -0.25) is 10.1 Å². The summed E-state index contributed by atoms with van der Waals surface area (Å²) in [6.07, 6.45) is 7.18. The first kappa shape index (κ1) is 22.1. The molecule has 9 nitrogen and oxygen atoms in total. The summed E-state index contributed by atoms with van der Waals surface area (Å²) in [7, 11) is 3.63. The number of hydrogen-bond acceptors (Lipinski definition) is 8. The largest absolute Gasteiger partial charge is 0.484 e. The van der Waals surface area contributed by atoms with E-state index in [4.69, 9.17) is 10.1 Å². The minimum atomic E-state index is -0.441. The van der Waals surface area contributed by atoms with Gasteiger partial charge in [-0.1, -0.05) is 0 Å². The fourth-order valence-corrected chi connectivity index (χ4v) is 4.15. The summed E-state index contributed by atoms with van der Waals surface area (Å²) in [5.74, 6) is 0.499. The summed E-state index contributed by atoms with van der Waals surface area (Å²) in [5.41, 5.74) is 2.51. The Morgan fingerprint density at radius 1 is 1.12 bits per heavy atom. The molecule has 0 amide bonds. The number of halogens is 1. The van der Waals surface area contributed by atoms with Gasteiger partial charge in [0, 0.05) is 69.9 Å². The highest BCUT2D eigenvalue weighted by Gasteiger charge is 2.40. The maximum atomic E-state index is 14.6. The third-order valence-corrected chi connectivity index (χ3v) is 6.49. The first-order chi connectivity index (χ1) is 16.3. The molecule has 2 aromatic heterocycles. The molecule has 1 aromatic carbocycles. The molecule has 2 N–H and O–H groups in total. The van der Waals surface area contributed by atoms with Crippen molar-refractivity contribution in [3.8, 4) is 5.75 Å². The fraction of sp³-hybridized carbons (Fsp3) is 0.417. The van der Waals surface area contributed by atoms with E-state index in [1.165, 1.54) is 12.4 Å². The maximum absolute atomic E-state index is 14.6. The number of anilines is 3. The summed E-state index contributed by atoms with van der Waals surface area (Å²) < 4.78 is 22.3. The number of benzene rings is 1. The van der Waals surface area contributed by atoms with E-state index >= 15 is 0 Å². The average Bonchev–Trinajstić information content (AvgIpc) is 3.42. The van der Waals surface area contributed by atoms with Gasteiger partial charge in [-0.15, -0.1) is 0 Å². The van der Waals surface area contributed by atoms with Gasteiger partial charge in [0.2, 0.25) is 0 Å². The molecule has 34 heavy (non-hydrogen) atoms. The Bertz CT molecular complexity index is 1210. The zero-order valence-electron chi connectivity index (χ0n) is 19.7. The molecule has 1 saturated carbocycles. The van der Waals surface area contributed by atoms with Gasteiger partial charge < -0.3 is 19.9 Å². The highest BCUT2D eigenvalue weighted by Crippen LogP contribution is 2.41. The number of aryl methyl sites for hydroxylation is 1. The van der Waals surface area contributed by atoms with Gasteiger partial charge >= 0.3 is 0 Å². The van der Waals surface area contributed by atoms with Crippen molar-refractivity contribution in [1.82, 2.24) is 19.7 Å². The minimum Gasteiger partial charge on any atom is -0.484 e. The standard InChI is InChI=1S/C24H29FN8O/c1-24(4-5-24)34-21-10-17(19(27-2)11-18(21)25)23(26)20-12-22(29-15-28-20)33-8-6-32(7-9-33)16-13-30-31(3)14-16/h10-15,26-27H,4-9H2,1-3H3. The van der Waals surface area contributed by atoms with Crippen molar-refractivity contribution in [2.45, 2.75) is 25.4 Å². The molecule has 2 aliphatic rings. The SMILES string of the molecule is CNc1cc(F)c(OC2(C)CC2)cc1C(=N)c1cc(N2CCN(c3cnn(C)c3)CC2)ncn1. The molecule has 178 valence electrons. The molecule has 5 rings (SSSR count). The molecular formula is C24H29FN8O. The van der Waals surface area contributed by atoms with Crippen LogP contribution in [0.5, 0.6) is 5.75 Å². The quantitative estimate of drug-likeness (QED) is 0.519. The number of hydrogen-bond donors (Lipinski definition) is 2. The van der Waals surface area contributed by atoms with Crippen LogP contribution >= 0.6 is 0 Å². The molecule has 2 fully saturated rings. The highest BCUT2D eigenvalue weighted by molar-refractivity contribution is 6.13. The molecule has 3 heterocycles. The van der Waals surface area contributed by atoms with Gasteiger partial charge in [0.25, 0.3) is 0 Å². The zero-order chi connectivity index (χ0) is 23.9. The van der Waals surface area contributed by atoms with Crippen LogP contribution in [-0.4, -0.2) is 64.3 Å². The summed E-state index contributed by atoms with van der Waals surface area (Å²) in [5, 5.41) is 16.1. The van der Waals surface area contributed by atoms with E-state index in [9.17, 15) is 4.39 Å². The first-order valence-electron chi connectivity index (χ1n) is 11.5. The van der Waals surface area contributed by atoms with Crippen molar-refractivity contribution in [2.75, 3.05) is 48.3 Å². The van der Waals surface area contributed by atoms with E-state index < -0.39 is 5.82 Å². The van der Waals surface area contributed by atoms with E-state index in [1.54, 1.807) is 17.8 Å². The normalized spacial score (nSPS) is 16.9. The molecule has 1 aliphatic heterocycles. The third-order valence-electron chi connectivity index (χ3n) is 6.49. The Kier molecular flexibility index (Phi) is 5.59.